The van der Waals surface area contributed by atoms with Crippen molar-refractivity contribution >= 4 is 17.4 Å². The Bertz CT molecular complexity index is 1750. The smallest absolute Gasteiger partial charge is 0.323 e. The summed E-state index contributed by atoms with van der Waals surface area (Å²) < 4.78 is 19.1. The lowest BCUT2D eigenvalue weighted by atomic mass is 9.90. The van der Waals surface area contributed by atoms with Gasteiger partial charge in [-0.3, -0.25) is 4.98 Å². The molecule has 0 spiro atoms. The van der Waals surface area contributed by atoms with Gasteiger partial charge in [0.2, 0.25) is 0 Å². The molecule has 0 aliphatic carbocycles. The summed E-state index contributed by atoms with van der Waals surface area (Å²) in [5, 5.41) is 15.3. The molecule has 0 saturated carbocycles. The summed E-state index contributed by atoms with van der Waals surface area (Å²) in [5.41, 5.74) is 5.08. The van der Waals surface area contributed by atoms with Crippen LogP contribution in [0, 0.1) is 5.92 Å². The number of nitrogens with zero attached hydrogens (tertiary/aromatic N) is 2. The number of pyridine rings is 1. The van der Waals surface area contributed by atoms with Crippen molar-refractivity contribution in [3.63, 3.8) is 0 Å². The number of likely N-dealkylation sites (N-methyl/N-ethyl adjacent to an activating group) is 1. The molecule has 1 aromatic heterocycles. The summed E-state index contributed by atoms with van der Waals surface area (Å²) in [6.07, 6.45) is 1.75. The van der Waals surface area contributed by atoms with E-state index in [1.54, 1.807) is 12.1 Å². The Morgan fingerprint density at radius 1 is 0.796 bits per heavy atom. The number of aromatic nitrogens is 1. The number of nitrogens with one attached hydrogen (secondary N) is 2. The van der Waals surface area contributed by atoms with Gasteiger partial charge in [-0.15, -0.1) is 0 Å². The molecule has 2 amide bonds. The first-order valence-electron chi connectivity index (χ1n) is 16.5. The predicted molar refractivity (Wildman–Crippen MR) is 190 cm³/mol. The third-order valence-corrected chi connectivity index (χ3v) is 8.62. The van der Waals surface area contributed by atoms with Crippen molar-refractivity contribution in [3.8, 4) is 11.5 Å². The first-order valence-corrected chi connectivity index (χ1v) is 16.5. The standard InChI is InChI=1S/C40H42N4O5/c1-28-37(26-44(2)25-23-32-8-6-7-24-41-32)48-39(49-38(28)30-13-11-29(27-45)12-14-30)31-15-17-33(18-16-31)42-40(46)43-34-19-21-36(22-20-34)47-35-9-4-3-5-10-35/h3-22,24,28,37-39,45H,23,25-27H2,1-2H3,(H2,42,43,46). The maximum Gasteiger partial charge on any atom is 0.323 e. The van der Waals surface area contributed by atoms with E-state index in [1.807, 2.05) is 115 Å². The first kappa shape index (κ1) is 33.8. The molecule has 1 aliphatic rings. The lowest BCUT2D eigenvalue weighted by molar-refractivity contribution is -0.275. The summed E-state index contributed by atoms with van der Waals surface area (Å²) in [6.45, 7) is 3.72. The molecule has 3 N–H and O–H groups in total. The van der Waals surface area contributed by atoms with Crippen LogP contribution in [0.3, 0.4) is 0 Å². The number of hydrogen-bond donors (Lipinski definition) is 3. The average molecular weight is 659 g/mol. The summed E-state index contributed by atoms with van der Waals surface area (Å²) in [4.78, 5) is 19.5. The van der Waals surface area contributed by atoms with Gasteiger partial charge in [0.05, 0.1) is 18.8 Å². The monoisotopic (exact) mass is 658 g/mol. The summed E-state index contributed by atoms with van der Waals surface area (Å²) in [5.74, 6) is 1.49. The molecule has 4 atom stereocenters. The van der Waals surface area contributed by atoms with Crippen LogP contribution < -0.4 is 15.4 Å². The van der Waals surface area contributed by atoms with E-state index in [4.69, 9.17) is 14.2 Å². The van der Waals surface area contributed by atoms with Crippen LogP contribution in [0.2, 0.25) is 0 Å². The molecule has 6 rings (SSSR count). The van der Waals surface area contributed by atoms with E-state index in [1.165, 1.54) is 0 Å². The van der Waals surface area contributed by atoms with Gasteiger partial charge in [0.1, 0.15) is 11.5 Å². The lowest BCUT2D eigenvalue weighted by Crippen LogP contribution is -2.43. The zero-order valence-corrected chi connectivity index (χ0v) is 27.7. The van der Waals surface area contributed by atoms with Crippen molar-refractivity contribution in [1.29, 1.82) is 0 Å². The first-order chi connectivity index (χ1) is 23.9. The fourth-order valence-corrected chi connectivity index (χ4v) is 5.83. The maximum atomic E-state index is 12.8. The highest BCUT2D eigenvalue weighted by Crippen LogP contribution is 2.42. The highest BCUT2D eigenvalue weighted by atomic mass is 16.7. The van der Waals surface area contributed by atoms with E-state index in [-0.39, 0.29) is 30.8 Å². The molecule has 49 heavy (non-hydrogen) atoms. The topological polar surface area (TPSA) is 105 Å². The molecule has 0 radical (unpaired) electrons. The second-order valence-electron chi connectivity index (χ2n) is 12.3. The van der Waals surface area contributed by atoms with Crippen molar-refractivity contribution in [2.24, 2.45) is 5.92 Å². The van der Waals surface area contributed by atoms with Crippen LogP contribution in [0.1, 0.15) is 41.7 Å². The van der Waals surface area contributed by atoms with Gasteiger partial charge < -0.3 is 34.9 Å². The molecule has 1 saturated heterocycles. The van der Waals surface area contributed by atoms with Crippen LogP contribution in [0.25, 0.3) is 0 Å². The molecule has 0 bridgehead atoms. The fourth-order valence-electron chi connectivity index (χ4n) is 5.83. The fraction of sp³-hybridized carbons (Fsp3) is 0.250. The van der Waals surface area contributed by atoms with Gasteiger partial charge in [0, 0.05) is 54.3 Å². The minimum atomic E-state index is -0.604. The SMILES string of the molecule is CC1C(CN(C)CCc2ccccn2)OC(c2ccc(NC(=O)Nc3ccc(Oc4ccccc4)cc3)cc2)OC1c1ccc(CO)cc1. The second-order valence-corrected chi connectivity index (χ2v) is 12.3. The number of aliphatic hydroxyl groups is 1. The van der Waals surface area contributed by atoms with Crippen LogP contribution in [0.15, 0.2) is 128 Å². The lowest BCUT2D eigenvalue weighted by Gasteiger charge is -2.42. The van der Waals surface area contributed by atoms with Crippen LogP contribution in [-0.4, -0.2) is 47.3 Å². The van der Waals surface area contributed by atoms with E-state index >= 15 is 0 Å². The Morgan fingerprint density at radius 2 is 1.43 bits per heavy atom. The number of ether oxygens (including phenoxy) is 3. The number of benzene rings is 4. The number of aliphatic hydroxyl groups excluding tert-OH is 1. The number of anilines is 2. The van der Waals surface area contributed by atoms with Gasteiger partial charge in [0.25, 0.3) is 0 Å². The number of para-hydroxylation sites is 1. The minimum absolute atomic E-state index is 0.00874. The number of rotatable bonds is 12. The van der Waals surface area contributed by atoms with E-state index in [2.05, 4.69) is 34.5 Å². The average Bonchev–Trinajstić information content (AvgIpc) is 3.14. The molecule has 1 aliphatic heterocycles. The number of carbonyl (C=O) groups is 1. The molecular weight excluding hydrogens is 616 g/mol. The Kier molecular flexibility index (Phi) is 11.3. The molecular formula is C40H42N4O5. The number of hydrogen-bond acceptors (Lipinski definition) is 7. The molecule has 4 aromatic carbocycles. The van der Waals surface area contributed by atoms with E-state index in [0.29, 0.717) is 17.1 Å². The Balaban J connectivity index is 1.09. The molecule has 9 heteroatoms. The van der Waals surface area contributed by atoms with Crippen molar-refractivity contribution in [2.45, 2.75) is 38.4 Å². The number of carbonyl (C=O) groups excluding carboxylic acids is 1. The van der Waals surface area contributed by atoms with Gasteiger partial charge >= 0.3 is 6.03 Å². The minimum Gasteiger partial charge on any atom is -0.457 e. The maximum absolute atomic E-state index is 12.8. The Morgan fingerprint density at radius 3 is 2.08 bits per heavy atom. The van der Waals surface area contributed by atoms with E-state index in [0.717, 1.165) is 47.6 Å². The molecule has 1 fully saturated rings. The molecule has 2 heterocycles. The highest BCUT2D eigenvalue weighted by Gasteiger charge is 2.38. The third kappa shape index (κ3) is 9.31. The summed E-state index contributed by atoms with van der Waals surface area (Å²) in [6, 6.07) is 37.8. The van der Waals surface area contributed by atoms with E-state index in [9.17, 15) is 9.90 Å². The van der Waals surface area contributed by atoms with Gasteiger partial charge in [-0.25, -0.2) is 4.79 Å². The van der Waals surface area contributed by atoms with E-state index < -0.39 is 6.29 Å². The summed E-state index contributed by atoms with van der Waals surface area (Å²) in [7, 11) is 2.10. The third-order valence-electron chi connectivity index (χ3n) is 8.62. The van der Waals surface area contributed by atoms with Crippen molar-refractivity contribution < 1.29 is 24.1 Å². The quantitative estimate of drug-likeness (QED) is 0.125. The van der Waals surface area contributed by atoms with Crippen LogP contribution >= 0.6 is 0 Å². The van der Waals surface area contributed by atoms with Crippen molar-refractivity contribution in [2.75, 3.05) is 30.8 Å². The van der Waals surface area contributed by atoms with Gasteiger partial charge in [-0.2, -0.15) is 0 Å². The molecule has 252 valence electrons. The van der Waals surface area contributed by atoms with Gasteiger partial charge in [-0.1, -0.05) is 67.6 Å². The Hall–Kier alpha value is -5.06. The normalized spacial score (nSPS) is 18.9. The van der Waals surface area contributed by atoms with Crippen LogP contribution in [-0.2, 0) is 22.5 Å². The van der Waals surface area contributed by atoms with Crippen molar-refractivity contribution in [3.05, 3.63) is 150 Å². The van der Waals surface area contributed by atoms with Crippen molar-refractivity contribution in [1.82, 2.24) is 9.88 Å². The number of amides is 2. The zero-order valence-electron chi connectivity index (χ0n) is 27.7. The van der Waals surface area contributed by atoms with Crippen LogP contribution in [0.5, 0.6) is 11.5 Å². The summed E-state index contributed by atoms with van der Waals surface area (Å²) >= 11 is 0. The second kappa shape index (κ2) is 16.4. The predicted octanol–water partition coefficient (Wildman–Crippen LogP) is 7.98. The van der Waals surface area contributed by atoms with Gasteiger partial charge in [-0.05, 0) is 78.8 Å². The highest BCUT2D eigenvalue weighted by molar-refractivity contribution is 5.99. The zero-order chi connectivity index (χ0) is 34.0. The number of urea groups is 1. The Labute approximate surface area is 287 Å². The van der Waals surface area contributed by atoms with Gasteiger partial charge in [0.15, 0.2) is 6.29 Å². The molecule has 5 aromatic rings. The largest absolute Gasteiger partial charge is 0.457 e. The molecule has 9 nitrogen and oxygen atoms in total. The van der Waals surface area contributed by atoms with Crippen LogP contribution in [0.4, 0.5) is 16.2 Å². The molecule has 4 unspecified atom stereocenters.